The number of nitro benzene ring substituents is 1. The molecule has 0 radical (unpaired) electrons. The van der Waals surface area contributed by atoms with E-state index >= 15 is 0 Å². The lowest BCUT2D eigenvalue weighted by molar-refractivity contribution is -0.385. The number of hydrogen-bond donors (Lipinski definition) is 3. The molecule has 0 saturated carbocycles. The summed E-state index contributed by atoms with van der Waals surface area (Å²) in [6, 6.07) is 10.1. The number of pyridine rings is 1. The van der Waals surface area contributed by atoms with E-state index in [0.717, 1.165) is 11.5 Å². The summed E-state index contributed by atoms with van der Waals surface area (Å²) in [4.78, 5) is 18.3. The molecular formula is C24H19FN6O4. The SMILES string of the molecule is CCc1cc(-c2nnn(Cc3c(F)cccc3[N+](=O)[O-])c2-c2cnc3[nH]ccc3c2)c(O)cc1O. The normalized spacial score (nSPS) is 11.3. The lowest BCUT2D eigenvalue weighted by Gasteiger charge is -2.12. The van der Waals surface area contributed by atoms with Gasteiger partial charge < -0.3 is 15.2 Å². The van der Waals surface area contributed by atoms with Crippen molar-refractivity contribution in [2.75, 3.05) is 0 Å². The van der Waals surface area contributed by atoms with Crippen LogP contribution in [0.3, 0.4) is 0 Å². The Morgan fingerprint density at radius 1 is 1.17 bits per heavy atom. The fraction of sp³-hybridized carbons (Fsp3) is 0.125. The average Bonchev–Trinajstić information content (AvgIpc) is 3.46. The highest BCUT2D eigenvalue weighted by atomic mass is 19.1. The van der Waals surface area contributed by atoms with Gasteiger partial charge in [0.25, 0.3) is 5.69 Å². The minimum absolute atomic E-state index is 0.0555. The second-order valence-electron chi connectivity index (χ2n) is 7.93. The third-order valence-corrected chi connectivity index (χ3v) is 5.84. The molecule has 0 atom stereocenters. The number of benzene rings is 2. The number of H-pyrrole nitrogens is 1. The van der Waals surface area contributed by atoms with Crippen molar-refractivity contribution in [3.63, 3.8) is 0 Å². The smallest absolute Gasteiger partial charge is 0.277 e. The Bertz CT molecular complexity index is 1590. The summed E-state index contributed by atoms with van der Waals surface area (Å²) in [5.74, 6) is -1.03. The van der Waals surface area contributed by atoms with Gasteiger partial charge in [0.15, 0.2) is 0 Å². The molecule has 176 valence electrons. The van der Waals surface area contributed by atoms with E-state index < -0.39 is 10.7 Å². The Balaban J connectivity index is 1.74. The number of halogens is 1. The molecule has 5 aromatic rings. The van der Waals surface area contributed by atoms with Gasteiger partial charge in [-0.15, -0.1) is 5.10 Å². The van der Waals surface area contributed by atoms with E-state index in [1.165, 1.54) is 22.9 Å². The molecule has 0 amide bonds. The van der Waals surface area contributed by atoms with Crippen LogP contribution in [0, 0.1) is 15.9 Å². The third kappa shape index (κ3) is 3.82. The molecule has 0 fully saturated rings. The topological polar surface area (TPSA) is 143 Å². The molecule has 3 heterocycles. The van der Waals surface area contributed by atoms with E-state index in [9.17, 15) is 24.7 Å². The lowest BCUT2D eigenvalue weighted by atomic mass is 10.0. The van der Waals surface area contributed by atoms with Crippen molar-refractivity contribution in [1.29, 1.82) is 0 Å². The fourth-order valence-corrected chi connectivity index (χ4v) is 4.08. The van der Waals surface area contributed by atoms with Crippen LogP contribution in [0.15, 0.2) is 54.9 Å². The van der Waals surface area contributed by atoms with Gasteiger partial charge in [-0.05, 0) is 36.2 Å². The van der Waals surface area contributed by atoms with Crippen molar-refractivity contribution in [2.45, 2.75) is 19.9 Å². The monoisotopic (exact) mass is 474 g/mol. The summed E-state index contributed by atoms with van der Waals surface area (Å²) in [5, 5.41) is 41.5. The number of phenolic OH excluding ortho intramolecular Hbond substituents is 2. The van der Waals surface area contributed by atoms with Gasteiger partial charge in [0.2, 0.25) is 0 Å². The summed E-state index contributed by atoms with van der Waals surface area (Å²) in [5.41, 5.74) is 2.19. The van der Waals surface area contributed by atoms with Gasteiger partial charge in [0, 0.05) is 41.0 Å². The number of phenols is 2. The summed E-state index contributed by atoms with van der Waals surface area (Å²) in [7, 11) is 0. The number of aryl methyl sites for hydroxylation is 1. The number of nitro groups is 1. The van der Waals surface area contributed by atoms with Crippen molar-refractivity contribution in [1.82, 2.24) is 25.0 Å². The highest BCUT2D eigenvalue weighted by Gasteiger charge is 2.25. The predicted octanol–water partition coefficient (Wildman–Crippen LogP) is 4.56. The van der Waals surface area contributed by atoms with Crippen molar-refractivity contribution in [3.05, 3.63) is 81.9 Å². The second kappa shape index (κ2) is 8.52. The predicted molar refractivity (Wildman–Crippen MR) is 125 cm³/mol. The maximum absolute atomic E-state index is 14.7. The highest BCUT2D eigenvalue weighted by Crippen LogP contribution is 2.39. The van der Waals surface area contributed by atoms with Crippen molar-refractivity contribution in [3.8, 4) is 34.0 Å². The first-order valence-corrected chi connectivity index (χ1v) is 10.7. The maximum atomic E-state index is 14.7. The van der Waals surface area contributed by atoms with Crippen LogP contribution in [0.1, 0.15) is 18.1 Å². The van der Waals surface area contributed by atoms with Crippen LogP contribution in [-0.2, 0) is 13.0 Å². The highest BCUT2D eigenvalue weighted by molar-refractivity contribution is 5.86. The van der Waals surface area contributed by atoms with Crippen LogP contribution >= 0.6 is 0 Å². The second-order valence-corrected chi connectivity index (χ2v) is 7.93. The molecule has 0 bridgehead atoms. The molecule has 5 rings (SSSR count). The molecule has 11 heteroatoms. The molecule has 3 aromatic heterocycles. The fourth-order valence-electron chi connectivity index (χ4n) is 4.08. The zero-order valence-electron chi connectivity index (χ0n) is 18.4. The number of fused-ring (bicyclic) bond motifs is 1. The summed E-state index contributed by atoms with van der Waals surface area (Å²) >= 11 is 0. The molecule has 2 aromatic carbocycles. The number of aromatic amines is 1. The number of hydrogen-bond acceptors (Lipinski definition) is 7. The van der Waals surface area contributed by atoms with Gasteiger partial charge in [0.1, 0.15) is 28.7 Å². The number of aromatic hydroxyl groups is 2. The van der Waals surface area contributed by atoms with E-state index in [4.69, 9.17) is 0 Å². The number of nitrogens with one attached hydrogen (secondary N) is 1. The number of nitrogens with zero attached hydrogens (tertiary/aromatic N) is 5. The minimum Gasteiger partial charge on any atom is -0.508 e. The summed E-state index contributed by atoms with van der Waals surface area (Å²) in [6.45, 7) is 1.57. The largest absolute Gasteiger partial charge is 0.508 e. The van der Waals surface area contributed by atoms with Gasteiger partial charge >= 0.3 is 0 Å². The number of aromatic nitrogens is 5. The first-order valence-electron chi connectivity index (χ1n) is 10.7. The van der Waals surface area contributed by atoms with Crippen LogP contribution in [-0.4, -0.2) is 40.1 Å². The standard InChI is InChI=1S/C24H19FN6O4/c1-2-13-9-16(21(33)10-20(13)32)22-23(15-8-14-6-7-26-24(14)27-11-15)30(29-28-22)12-17-18(25)4-3-5-19(17)31(34)35/h3-11,32-33H,2,12H2,1H3,(H,26,27). The van der Waals surface area contributed by atoms with Crippen molar-refractivity contribution < 1.29 is 19.5 Å². The Morgan fingerprint density at radius 3 is 2.77 bits per heavy atom. The Labute approximate surface area is 197 Å². The Hall–Kier alpha value is -4.80. The van der Waals surface area contributed by atoms with Crippen LogP contribution in [0.4, 0.5) is 10.1 Å². The summed E-state index contributed by atoms with van der Waals surface area (Å²) in [6.07, 6.45) is 3.81. The van der Waals surface area contributed by atoms with Gasteiger partial charge in [0.05, 0.1) is 22.7 Å². The van der Waals surface area contributed by atoms with E-state index in [1.807, 2.05) is 19.1 Å². The first-order chi connectivity index (χ1) is 16.9. The molecule has 0 aliphatic rings. The van der Waals surface area contributed by atoms with Gasteiger partial charge in [-0.1, -0.05) is 18.2 Å². The quantitative estimate of drug-likeness (QED) is 0.242. The van der Waals surface area contributed by atoms with Gasteiger partial charge in [-0.25, -0.2) is 14.1 Å². The van der Waals surface area contributed by atoms with Crippen LogP contribution < -0.4 is 0 Å². The third-order valence-electron chi connectivity index (χ3n) is 5.84. The Kier molecular flexibility index (Phi) is 5.36. The number of rotatable bonds is 6. The van der Waals surface area contributed by atoms with Gasteiger partial charge in [-0.3, -0.25) is 10.1 Å². The zero-order valence-corrected chi connectivity index (χ0v) is 18.4. The summed E-state index contributed by atoms with van der Waals surface area (Å²) < 4.78 is 16.0. The molecule has 0 aliphatic heterocycles. The van der Waals surface area contributed by atoms with E-state index in [1.54, 1.807) is 18.5 Å². The molecule has 0 aliphatic carbocycles. The average molecular weight is 474 g/mol. The molecule has 3 N–H and O–H groups in total. The molecule has 0 spiro atoms. The molecule has 0 saturated heterocycles. The van der Waals surface area contributed by atoms with Crippen molar-refractivity contribution in [2.24, 2.45) is 0 Å². The van der Waals surface area contributed by atoms with E-state index in [2.05, 4.69) is 20.3 Å². The molecular weight excluding hydrogens is 455 g/mol. The van der Waals surface area contributed by atoms with E-state index in [-0.39, 0.29) is 35.0 Å². The van der Waals surface area contributed by atoms with Crippen LogP contribution in [0.25, 0.3) is 33.5 Å². The zero-order chi connectivity index (χ0) is 24.7. The first kappa shape index (κ1) is 22.0. The molecule has 0 unspecified atom stereocenters. The molecule has 35 heavy (non-hydrogen) atoms. The maximum Gasteiger partial charge on any atom is 0.277 e. The molecule has 10 nitrogen and oxygen atoms in total. The lowest BCUT2D eigenvalue weighted by Crippen LogP contribution is -2.09. The van der Waals surface area contributed by atoms with Crippen LogP contribution in [0.2, 0.25) is 0 Å². The van der Waals surface area contributed by atoms with Crippen LogP contribution in [0.5, 0.6) is 11.5 Å². The Morgan fingerprint density at radius 2 is 2.00 bits per heavy atom. The van der Waals surface area contributed by atoms with Gasteiger partial charge in [-0.2, -0.15) is 0 Å². The minimum atomic E-state index is -0.748. The van der Waals surface area contributed by atoms with Crippen molar-refractivity contribution >= 4 is 16.7 Å². The van der Waals surface area contributed by atoms with E-state index in [0.29, 0.717) is 34.5 Å².